The van der Waals surface area contributed by atoms with Crippen LogP contribution in [0.3, 0.4) is 0 Å². The van der Waals surface area contributed by atoms with Crippen LogP contribution >= 0.6 is 8.60 Å². The van der Waals surface area contributed by atoms with Crippen LogP contribution in [-0.4, -0.2) is 25.8 Å². The number of rotatable bonds is 2. The Bertz CT molecular complexity index is 83.3. The summed E-state index contributed by atoms with van der Waals surface area (Å²) in [6, 6.07) is 0. The molecule has 0 bridgehead atoms. The Hall–Kier alpha value is -0.220. The molecule has 0 heterocycles. The molecule has 0 saturated carbocycles. The van der Waals surface area contributed by atoms with E-state index in [0.29, 0.717) is 6.42 Å². The van der Waals surface area contributed by atoms with Crippen LogP contribution in [0.4, 0.5) is 0 Å². The zero-order valence-electron chi connectivity index (χ0n) is 7.56. The smallest absolute Gasteiger partial charge is 0.324 e. The van der Waals surface area contributed by atoms with Gasteiger partial charge in [0.2, 0.25) is 0 Å². The van der Waals surface area contributed by atoms with E-state index in [1.54, 1.807) is 0 Å². The van der Waals surface area contributed by atoms with Crippen molar-refractivity contribution >= 4 is 14.6 Å². The first-order valence-electron chi connectivity index (χ1n) is 3.59. The average molecular weight is 200 g/mol. The van der Waals surface area contributed by atoms with Crippen LogP contribution in [0.5, 0.6) is 0 Å². The minimum absolute atomic E-state index is 0.292. The van der Waals surface area contributed by atoms with E-state index in [1.165, 1.54) is 0 Å². The molecule has 4 N–H and O–H groups in total. The van der Waals surface area contributed by atoms with Gasteiger partial charge in [0, 0.05) is 6.42 Å². The van der Waals surface area contributed by atoms with Crippen molar-refractivity contribution in [2.45, 2.75) is 33.6 Å². The molecule has 0 aliphatic rings. The molecule has 0 radical (unpaired) electrons. The van der Waals surface area contributed by atoms with Crippen LogP contribution in [0.1, 0.15) is 33.6 Å². The molecule has 0 saturated heterocycles. The molecule has 0 spiro atoms. The first-order valence-corrected chi connectivity index (χ1v) is 4.79. The molecule has 0 aromatic heterocycles. The summed E-state index contributed by atoms with van der Waals surface area (Å²) in [4.78, 5) is 31.3. The fourth-order valence-electron chi connectivity index (χ4n) is 0.214. The normalized spacial score (nSPS) is 7.58. The molecule has 0 atom stereocenters. The van der Waals surface area contributed by atoms with Crippen LogP contribution in [-0.2, 0) is 4.79 Å². The molecule has 0 amide bonds. The second-order valence-electron chi connectivity index (χ2n) is 1.41. The molecule has 6 heteroatoms. The highest BCUT2D eigenvalue weighted by Crippen LogP contribution is 2.11. The van der Waals surface area contributed by atoms with E-state index in [4.69, 9.17) is 19.8 Å². The topological polar surface area (TPSA) is 98.0 Å². The third-order valence-corrected chi connectivity index (χ3v) is 0.464. The van der Waals surface area contributed by atoms with Gasteiger partial charge in [-0.15, -0.1) is 0 Å². The largest absolute Gasteiger partial charge is 0.481 e. The molecule has 0 aliphatic heterocycles. The average Bonchev–Trinajstić information content (AvgIpc) is 1.90. The number of carbonyl (C=O) groups is 1. The summed E-state index contributed by atoms with van der Waals surface area (Å²) in [7, 11) is -2.62. The van der Waals surface area contributed by atoms with Crippen molar-refractivity contribution in [3.8, 4) is 0 Å². The quantitative estimate of drug-likeness (QED) is 0.500. The molecule has 5 nitrogen and oxygen atoms in total. The predicted octanol–water partition coefficient (Wildman–Crippen LogP) is 1.09. The Morgan fingerprint density at radius 1 is 1.25 bits per heavy atom. The van der Waals surface area contributed by atoms with Gasteiger partial charge >= 0.3 is 14.6 Å². The SMILES string of the molecule is CC.CCCC(=O)O.OP(O)O. The highest BCUT2D eigenvalue weighted by atomic mass is 31.2. The Balaban J connectivity index is -0.000000118. The number of hydrogen-bond donors (Lipinski definition) is 4. The first kappa shape index (κ1) is 17.8. The van der Waals surface area contributed by atoms with Crippen LogP contribution in [0.15, 0.2) is 0 Å². The number of carboxylic acids is 1. The fraction of sp³-hybridized carbons (Fsp3) is 0.833. The highest BCUT2D eigenvalue weighted by molar-refractivity contribution is 7.38. The Morgan fingerprint density at radius 2 is 1.50 bits per heavy atom. The van der Waals surface area contributed by atoms with Gasteiger partial charge in [-0.2, -0.15) is 0 Å². The Kier molecular flexibility index (Phi) is 25.2. The van der Waals surface area contributed by atoms with Gasteiger partial charge in [0.25, 0.3) is 0 Å². The van der Waals surface area contributed by atoms with Gasteiger partial charge in [-0.3, -0.25) is 4.79 Å². The van der Waals surface area contributed by atoms with Gasteiger partial charge in [0.1, 0.15) is 0 Å². The predicted molar refractivity (Wildman–Crippen MR) is 47.5 cm³/mol. The van der Waals surface area contributed by atoms with Crippen LogP contribution in [0.25, 0.3) is 0 Å². The lowest BCUT2D eigenvalue weighted by Crippen LogP contribution is -1.90. The summed E-state index contributed by atoms with van der Waals surface area (Å²) in [6.07, 6.45) is 1.02. The van der Waals surface area contributed by atoms with E-state index in [-0.39, 0.29) is 0 Å². The van der Waals surface area contributed by atoms with Gasteiger partial charge in [-0.25, -0.2) is 0 Å². The van der Waals surface area contributed by atoms with Crippen LogP contribution in [0.2, 0.25) is 0 Å². The van der Waals surface area contributed by atoms with Crippen molar-refractivity contribution < 1.29 is 24.6 Å². The highest BCUT2D eigenvalue weighted by Gasteiger charge is 1.87. The Morgan fingerprint density at radius 3 is 1.50 bits per heavy atom. The standard InChI is InChI=1S/C4H8O2.C2H6.H3O3P/c1-2-3-4(5)6;1-2;1-4(2)3/h2-3H2,1H3,(H,5,6);1-2H3;1-3H. The molecule has 0 aliphatic carbocycles. The summed E-state index contributed by atoms with van der Waals surface area (Å²) in [5.74, 6) is -0.711. The molecule has 0 fully saturated rings. The molecule has 0 aromatic carbocycles. The van der Waals surface area contributed by atoms with Crippen molar-refractivity contribution in [1.82, 2.24) is 0 Å². The molecule has 0 unspecified atom stereocenters. The maximum atomic E-state index is 9.60. The summed E-state index contributed by atoms with van der Waals surface area (Å²) in [6.45, 7) is 5.84. The van der Waals surface area contributed by atoms with Crippen LogP contribution in [0, 0.1) is 0 Å². The van der Waals surface area contributed by atoms with Gasteiger partial charge in [0.15, 0.2) is 0 Å². The van der Waals surface area contributed by atoms with E-state index in [1.807, 2.05) is 20.8 Å². The third kappa shape index (κ3) is 97.6. The second kappa shape index (κ2) is 17.0. The Labute approximate surface area is 73.7 Å². The summed E-state index contributed by atoms with van der Waals surface area (Å²) < 4.78 is 0. The molecule has 0 aromatic rings. The minimum atomic E-state index is -2.62. The lowest BCUT2D eigenvalue weighted by atomic mass is 10.4. The third-order valence-electron chi connectivity index (χ3n) is 0.464. The zero-order chi connectivity index (χ0) is 10.6. The first-order chi connectivity index (χ1) is 5.50. The van der Waals surface area contributed by atoms with E-state index < -0.39 is 14.6 Å². The zero-order valence-corrected chi connectivity index (χ0v) is 8.45. The number of aliphatic carboxylic acids is 1. The summed E-state index contributed by atoms with van der Waals surface area (Å²) >= 11 is 0. The maximum absolute atomic E-state index is 9.60. The van der Waals surface area contributed by atoms with E-state index in [2.05, 4.69) is 0 Å². The lowest BCUT2D eigenvalue weighted by Gasteiger charge is -1.79. The van der Waals surface area contributed by atoms with E-state index >= 15 is 0 Å². The van der Waals surface area contributed by atoms with Gasteiger partial charge in [-0.05, 0) is 6.42 Å². The molecule has 76 valence electrons. The number of hydrogen-bond acceptors (Lipinski definition) is 4. The monoisotopic (exact) mass is 200 g/mol. The van der Waals surface area contributed by atoms with Crippen molar-refractivity contribution in [2.24, 2.45) is 0 Å². The van der Waals surface area contributed by atoms with Crippen molar-refractivity contribution in [1.29, 1.82) is 0 Å². The van der Waals surface area contributed by atoms with Crippen LogP contribution < -0.4 is 0 Å². The summed E-state index contributed by atoms with van der Waals surface area (Å²) in [5, 5.41) is 7.91. The van der Waals surface area contributed by atoms with E-state index in [9.17, 15) is 4.79 Å². The minimum Gasteiger partial charge on any atom is -0.481 e. The van der Waals surface area contributed by atoms with E-state index in [0.717, 1.165) is 6.42 Å². The maximum Gasteiger partial charge on any atom is 0.324 e. The molecule has 12 heavy (non-hydrogen) atoms. The van der Waals surface area contributed by atoms with Crippen molar-refractivity contribution in [2.75, 3.05) is 0 Å². The van der Waals surface area contributed by atoms with Crippen molar-refractivity contribution in [3.63, 3.8) is 0 Å². The number of carboxylic acid groups (broad SMARTS) is 1. The molecule has 0 rings (SSSR count). The van der Waals surface area contributed by atoms with Crippen molar-refractivity contribution in [3.05, 3.63) is 0 Å². The van der Waals surface area contributed by atoms with Gasteiger partial charge < -0.3 is 19.8 Å². The second-order valence-corrected chi connectivity index (χ2v) is 1.95. The molecular formula is C6H17O5P. The summed E-state index contributed by atoms with van der Waals surface area (Å²) in [5.41, 5.74) is 0. The van der Waals surface area contributed by atoms with Gasteiger partial charge in [-0.1, -0.05) is 20.8 Å². The van der Waals surface area contributed by atoms with Gasteiger partial charge in [0.05, 0.1) is 0 Å². The molecular weight excluding hydrogens is 183 g/mol. The fourth-order valence-corrected chi connectivity index (χ4v) is 0.214. The lowest BCUT2D eigenvalue weighted by molar-refractivity contribution is -0.137.